The SMILES string of the molecule is COc1ccc2nccc(C=CC3CCC(N)C(CC(N)=O)O3)c2n1. The number of methoxy groups -OCH3 is 1. The highest BCUT2D eigenvalue weighted by Crippen LogP contribution is 2.24. The van der Waals surface area contributed by atoms with Crippen LogP contribution in [0.2, 0.25) is 0 Å². The van der Waals surface area contributed by atoms with Gasteiger partial charge in [0.1, 0.15) is 0 Å². The minimum Gasteiger partial charge on any atom is -0.481 e. The number of pyridine rings is 2. The molecule has 2 aromatic heterocycles. The van der Waals surface area contributed by atoms with E-state index in [1.807, 2.05) is 24.3 Å². The Bertz CT molecular complexity index is 793. The number of amides is 1. The monoisotopic (exact) mass is 342 g/mol. The van der Waals surface area contributed by atoms with Gasteiger partial charge in [0.25, 0.3) is 0 Å². The summed E-state index contributed by atoms with van der Waals surface area (Å²) in [5, 5.41) is 0. The Morgan fingerprint density at radius 2 is 2.24 bits per heavy atom. The molecule has 1 saturated heterocycles. The molecule has 0 aromatic carbocycles. The summed E-state index contributed by atoms with van der Waals surface area (Å²) < 4.78 is 11.1. The Hall–Kier alpha value is -2.51. The molecule has 1 aliphatic rings. The molecule has 0 bridgehead atoms. The first-order valence-electron chi connectivity index (χ1n) is 8.24. The zero-order valence-electron chi connectivity index (χ0n) is 14.1. The van der Waals surface area contributed by atoms with Crippen molar-refractivity contribution in [1.29, 1.82) is 0 Å². The van der Waals surface area contributed by atoms with Gasteiger partial charge in [-0.25, -0.2) is 4.98 Å². The molecule has 3 atom stereocenters. The van der Waals surface area contributed by atoms with Crippen molar-refractivity contribution in [2.45, 2.75) is 37.5 Å². The summed E-state index contributed by atoms with van der Waals surface area (Å²) in [6.45, 7) is 0. The molecule has 132 valence electrons. The Labute approximate surface area is 146 Å². The number of fused-ring (bicyclic) bond motifs is 1. The standard InChI is InChI=1S/C18H22N4O3/c1-24-17-7-6-14-18(22-17)11(8-9-21-14)2-3-12-4-5-13(19)15(25-12)10-16(20)23/h2-3,6-9,12-13,15H,4-5,10,19H2,1H3,(H2,20,23). The normalized spacial score (nSPS) is 23.8. The number of hydrogen-bond donors (Lipinski definition) is 2. The lowest BCUT2D eigenvalue weighted by atomic mass is 9.96. The van der Waals surface area contributed by atoms with Gasteiger partial charge in [-0.2, -0.15) is 0 Å². The summed E-state index contributed by atoms with van der Waals surface area (Å²) in [5.74, 6) is 0.137. The third kappa shape index (κ3) is 4.12. The number of hydrogen-bond acceptors (Lipinski definition) is 6. The fourth-order valence-electron chi connectivity index (χ4n) is 2.96. The van der Waals surface area contributed by atoms with Gasteiger partial charge in [0.2, 0.25) is 11.8 Å². The molecule has 3 unspecified atom stereocenters. The van der Waals surface area contributed by atoms with Crippen molar-refractivity contribution >= 4 is 23.0 Å². The van der Waals surface area contributed by atoms with Crippen LogP contribution in [-0.4, -0.2) is 41.2 Å². The average Bonchev–Trinajstić information content (AvgIpc) is 2.61. The van der Waals surface area contributed by atoms with Crippen LogP contribution in [0.3, 0.4) is 0 Å². The van der Waals surface area contributed by atoms with E-state index in [0.29, 0.717) is 5.88 Å². The average molecular weight is 342 g/mol. The highest BCUT2D eigenvalue weighted by atomic mass is 16.5. The molecular formula is C18H22N4O3. The predicted octanol–water partition coefficient (Wildman–Crippen LogP) is 1.40. The molecule has 0 radical (unpaired) electrons. The number of rotatable bonds is 5. The van der Waals surface area contributed by atoms with E-state index in [-0.39, 0.29) is 24.7 Å². The molecule has 3 heterocycles. The highest BCUT2D eigenvalue weighted by molar-refractivity contribution is 5.84. The van der Waals surface area contributed by atoms with E-state index in [1.54, 1.807) is 19.4 Å². The molecular weight excluding hydrogens is 320 g/mol. The second kappa shape index (κ2) is 7.58. The van der Waals surface area contributed by atoms with Gasteiger partial charge in [-0.15, -0.1) is 0 Å². The molecule has 3 rings (SSSR count). The van der Waals surface area contributed by atoms with E-state index < -0.39 is 5.91 Å². The highest BCUT2D eigenvalue weighted by Gasteiger charge is 2.28. The second-order valence-corrected chi connectivity index (χ2v) is 6.11. The van der Waals surface area contributed by atoms with Gasteiger partial charge in [-0.3, -0.25) is 9.78 Å². The van der Waals surface area contributed by atoms with Gasteiger partial charge in [0, 0.05) is 23.9 Å². The minimum atomic E-state index is -0.401. The molecule has 7 nitrogen and oxygen atoms in total. The Morgan fingerprint density at radius 3 is 3.00 bits per heavy atom. The summed E-state index contributed by atoms with van der Waals surface area (Å²) in [5.41, 5.74) is 13.8. The maximum absolute atomic E-state index is 11.1. The number of carbonyl (C=O) groups is 1. The lowest BCUT2D eigenvalue weighted by Gasteiger charge is -2.32. The van der Waals surface area contributed by atoms with Crippen molar-refractivity contribution in [3.8, 4) is 5.88 Å². The molecule has 25 heavy (non-hydrogen) atoms. The third-order valence-corrected chi connectivity index (χ3v) is 4.30. The van der Waals surface area contributed by atoms with Crippen molar-refractivity contribution in [1.82, 2.24) is 9.97 Å². The number of nitrogens with zero attached hydrogens (tertiary/aromatic N) is 2. The molecule has 1 fully saturated rings. The van der Waals surface area contributed by atoms with Gasteiger partial charge < -0.3 is 20.9 Å². The lowest BCUT2D eigenvalue weighted by Crippen LogP contribution is -2.45. The smallest absolute Gasteiger partial charge is 0.220 e. The van der Waals surface area contributed by atoms with E-state index in [2.05, 4.69) is 9.97 Å². The molecule has 2 aromatic rings. The van der Waals surface area contributed by atoms with Gasteiger partial charge in [0.05, 0.1) is 36.8 Å². The van der Waals surface area contributed by atoms with Crippen LogP contribution in [0.15, 0.2) is 30.5 Å². The maximum atomic E-state index is 11.1. The van der Waals surface area contributed by atoms with Crippen LogP contribution in [0, 0.1) is 0 Å². The Kier molecular flexibility index (Phi) is 5.25. The van der Waals surface area contributed by atoms with Gasteiger partial charge in [-0.05, 0) is 25.0 Å². The predicted molar refractivity (Wildman–Crippen MR) is 94.8 cm³/mol. The van der Waals surface area contributed by atoms with E-state index >= 15 is 0 Å². The van der Waals surface area contributed by atoms with Crippen molar-refractivity contribution in [3.63, 3.8) is 0 Å². The summed E-state index contributed by atoms with van der Waals surface area (Å²) in [4.78, 5) is 19.9. The first-order valence-corrected chi connectivity index (χ1v) is 8.24. The van der Waals surface area contributed by atoms with E-state index in [9.17, 15) is 4.79 Å². The maximum Gasteiger partial charge on any atom is 0.220 e. The van der Waals surface area contributed by atoms with Crippen LogP contribution in [0.4, 0.5) is 0 Å². The fourth-order valence-corrected chi connectivity index (χ4v) is 2.96. The zero-order valence-corrected chi connectivity index (χ0v) is 14.1. The van der Waals surface area contributed by atoms with Crippen molar-refractivity contribution in [3.05, 3.63) is 36.0 Å². The zero-order chi connectivity index (χ0) is 17.8. The third-order valence-electron chi connectivity index (χ3n) is 4.30. The summed E-state index contributed by atoms with van der Waals surface area (Å²) in [6.07, 6.45) is 6.94. The van der Waals surface area contributed by atoms with Crippen LogP contribution in [0.1, 0.15) is 24.8 Å². The quantitative estimate of drug-likeness (QED) is 0.849. The number of nitrogens with two attached hydrogens (primary N) is 2. The molecule has 7 heteroatoms. The van der Waals surface area contributed by atoms with E-state index in [0.717, 1.165) is 29.4 Å². The molecule has 4 N–H and O–H groups in total. The summed E-state index contributed by atoms with van der Waals surface area (Å²) in [6, 6.07) is 5.38. The number of ether oxygens (including phenoxy) is 2. The summed E-state index contributed by atoms with van der Waals surface area (Å²) >= 11 is 0. The Balaban J connectivity index is 1.79. The van der Waals surface area contributed by atoms with Crippen LogP contribution < -0.4 is 16.2 Å². The largest absolute Gasteiger partial charge is 0.481 e. The minimum absolute atomic E-state index is 0.113. The van der Waals surface area contributed by atoms with Crippen LogP contribution >= 0.6 is 0 Å². The van der Waals surface area contributed by atoms with Gasteiger partial charge in [-0.1, -0.05) is 12.2 Å². The van der Waals surface area contributed by atoms with Crippen LogP contribution in [0.5, 0.6) is 5.88 Å². The number of carbonyl (C=O) groups excluding carboxylic acids is 1. The van der Waals surface area contributed by atoms with Crippen molar-refractivity contribution in [2.24, 2.45) is 11.5 Å². The lowest BCUT2D eigenvalue weighted by molar-refractivity contribution is -0.123. The second-order valence-electron chi connectivity index (χ2n) is 6.11. The van der Waals surface area contributed by atoms with Crippen molar-refractivity contribution in [2.75, 3.05) is 7.11 Å². The first kappa shape index (κ1) is 17.3. The molecule has 0 aliphatic carbocycles. The van der Waals surface area contributed by atoms with E-state index in [1.165, 1.54) is 0 Å². The first-order chi connectivity index (χ1) is 12.1. The van der Waals surface area contributed by atoms with Gasteiger partial charge >= 0.3 is 0 Å². The fraction of sp³-hybridized carbons (Fsp3) is 0.389. The molecule has 0 saturated carbocycles. The van der Waals surface area contributed by atoms with Crippen molar-refractivity contribution < 1.29 is 14.3 Å². The van der Waals surface area contributed by atoms with Crippen LogP contribution in [-0.2, 0) is 9.53 Å². The summed E-state index contributed by atoms with van der Waals surface area (Å²) in [7, 11) is 1.58. The molecule has 0 spiro atoms. The number of aromatic nitrogens is 2. The van der Waals surface area contributed by atoms with Crippen LogP contribution in [0.25, 0.3) is 17.1 Å². The molecule has 1 aliphatic heterocycles. The Morgan fingerprint density at radius 1 is 1.40 bits per heavy atom. The topological polar surface area (TPSA) is 113 Å². The van der Waals surface area contributed by atoms with Gasteiger partial charge in [0.15, 0.2) is 0 Å². The molecule has 1 amide bonds. The number of primary amides is 1. The van der Waals surface area contributed by atoms with E-state index in [4.69, 9.17) is 20.9 Å².